The van der Waals surface area contributed by atoms with Gasteiger partial charge in [-0.05, 0) is 31.9 Å². The molecule has 6 atom stereocenters. The first kappa shape index (κ1) is 26.6. The Bertz CT molecular complexity index is 1130. The first-order chi connectivity index (χ1) is 17.3. The standard InChI is InChI=1S/C26H31NO10/c1-13(28)33-21-10-17(26(5,35-14(2)29)36-15(3)30)9-18-23(31)22-20(37-25(18,21)4)11-19(34-24(22)32)16-7-6-8-27-12-16/h6-8,11-12,17-18,21,23-24,31-32H,9-10H2,1-5H3/t17-,18-,21-,23-,24?,25-/m0/s1. The van der Waals surface area contributed by atoms with Crippen LogP contribution in [0.5, 0.6) is 0 Å². The van der Waals surface area contributed by atoms with Gasteiger partial charge in [-0.3, -0.25) is 19.4 Å². The molecule has 4 rings (SSSR count). The van der Waals surface area contributed by atoms with Crippen molar-refractivity contribution in [3.63, 3.8) is 0 Å². The second-order valence-electron chi connectivity index (χ2n) is 9.85. The highest BCUT2D eigenvalue weighted by Crippen LogP contribution is 2.53. The lowest BCUT2D eigenvalue weighted by Gasteiger charge is -2.55. The molecule has 0 saturated heterocycles. The van der Waals surface area contributed by atoms with E-state index in [1.165, 1.54) is 27.7 Å². The van der Waals surface area contributed by atoms with Crippen LogP contribution < -0.4 is 0 Å². The predicted molar refractivity (Wildman–Crippen MR) is 126 cm³/mol. The monoisotopic (exact) mass is 517 g/mol. The largest absolute Gasteiger partial charge is 0.483 e. The van der Waals surface area contributed by atoms with Crippen LogP contribution in [0.4, 0.5) is 0 Å². The molecule has 0 spiro atoms. The molecule has 11 heteroatoms. The molecule has 0 radical (unpaired) electrons. The molecular formula is C26H31NO10. The van der Waals surface area contributed by atoms with Gasteiger partial charge in [0.15, 0.2) is 0 Å². The number of aliphatic hydroxyl groups excluding tert-OH is 2. The molecule has 2 N–H and O–H groups in total. The number of fused-ring (bicyclic) bond motifs is 1. The summed E-state index contributed by atoms with van der Waals surface area (Å²) in [4.78, 5) is 39.9. The van der Waals surface area contributed by atoms with E-state index >= 15 is 0 Å². The Morgan fingerprint density at radius 3 is 2.35 bits per heavy atom. The zero-order valence-corrected chi connectivity index (χ0v) is 21.3. The van der Waals surface area contributed by atoms with Gasteiger partial charge in [0.2, 0.25) is 6.29 Å². The Morgan fingerprint density at radius 2 is 1.78 bits per heavy atom. The average molecular weight is 518 g/mol. The number of hydrogen-bond donors (Lipinski definition) is 2. The van der Waals surface area contributed by atoms with Crippen LogP contribution >= 0.6 is 0 Å². The van der Waals surface area contributed by atoms with Crippen molar-refractivity contribution in [3.8, 4) is 0 Å². The van der Waals surface area contributed by atoms with Crippen molar-refractivity contribution in [3.05, 3.63) is 47.5 Å². The number of carbonyl (C=O) groups is 3. The summed E-state index contributed by atoms with van der Waals surface area (Å²) < 4.78 is 28.6. The number of rotatable bonds is 5. The Hall–Kier alpha value is -3.44. The van der Waals surface area contributed by atoms with Crippen LogP contribution in [-0.2, 0) is 38.1 Å². The van der Waals surface area contributed by atoms with Crippen molar-refractivity contribution in [1.29, 1.82) is 0 Å². The topological polar surface area (TPSA) is 151 Å². The van der Waals surface area contributed by atoms with Crippen LogP contribution in [0, 0.1) is 11.8 Å². The van der Waals surface area contributed by atoms with Crippen LogP contribution in [0.25, 0.3) is 5.76 Å². The highest BCUT2D eigenvalue weighted by Gasteiger charge is 2.61. The van der Waals surface area contributed by atoms with Gasteiger partial charge in [0, 0.05) is 63.6 Å². The number of allylic oxidation sites excluding steroid dienone is 1. The first-order valence-electron chi connectivity index (χ1n) is 12.0. The molecule has 0 aromatic carbocycles. The van der Waals surface area contributed by atoms with Gasteiger partial charge in [0.05, 0.1) is 11.7 Å². The zero-order valence-electron chi connectivity index (χ0n) is 21.3. The van der Waals surface area contributed by atoms with Gasteiger partial charge in [-0.2, -0.15) is 0 Å². The summed E-state index contributed by atoms with van der Waals surface area (Å²) in [6.07, 6.45) is 1.26. The minimum Gasteiger partial charge on any atom is -0.483 e. The van der Waals surface area contributed by atoms with E-state index in [1.807, 2.05) is 0 Å². The van der Waals surface area contributed by atoms with E-state index < -0.39 is 59.6 Å². The number of ether oxygens (including phenoxy) is 5. The lowest BCUT2D eigenvalue weighted by molar-refractivity contribution is -0.268. The molecule has 1 fully saturated rings. The van der Waals surface area contributed by atoms with E-state index in [2.05, 4.69) is 4.98 Å². The maximum atomic E-state index is 12.1. The van der Waals surface area contributed by atoms with Gasteiger partial charge in [-0.25, -0.2) is 0 Å². The first-order valence-corrected chi connectivity index (χ1v) is 12.0. The van der Waals surface area contributed by atoms with Gasteiger partial charge >= 0.3 is 17.9 Å². The number of pyridine rings is 1. The highest BCUT2D eigenvalue weighted by molar-refractivity contribution is 5.69. The van der Waals surface area contributed by atoms with Gasteiger partial charge in [-0.15, -0.1) is 0 Å². The molecule has 1 aromatic heterocycles. The fraction of sp³-hybridized carbons (Fsp3) is 0.538. The van der Waals surface area contributed by atoms with Crippen molar-refractivity contribution < 1.29 is 48.3 Å². The van der Waals surface area contributed by atoms with Crippen LogP contribution in [0.15, 0.2) is 41.9 Å². The van der Waals surface area contributed by atoms with E-state index in [4.69, 9.17) is 23.7 Å². The summed E-state index contributed by atoms with van der Waals surface area (Å²) in [5.41, 5.74) is -0.530. The highest BCUT2D eigenvalue weighted by atomic mass is 16.7. The lowest BCUT2D eigenvalue weighted by atomic mass is 9.63. The summed E-state index contributed by atoms with van der Waals surface area (Å²) in [5, 5.41) is 22.4. The van der Waals surface area contributed by atoms with Gasteiger partial charge in [0.25, 0.3) is 5.79 Å². The third kappa shape index (κ3) is 5.05. The third-order valence-corrected chi connectivity index (χ3v) is 7.18. The van der Waals surface area contributed by atoms with Crippen LogP contribution in [-0.4, -0.2) is 63.0 Å². The summed E-state index contributed by atoms with van der Waals surface area (Å²) >= 11 is 0. The molecule has 3 aliphatic rings. The van der Waals surface area contributed by atoms with Crippen molar-refractivity contribution >= 4 is 23.7 Å². The minimum absolute atomic E-state index is 0.108. The predicted octanol–water partition coefficient (Wildman–Crippen LogP) is 1.98. The lowest BCUT2D eigenvalue weighted by Crippen LogP contribution is -2.63. The molecule has 37 heavy (non-hydrogen) atoms. The summed E-state index contributed by atoms with van der Waals surface area (Å²) in [6, 6.07) is 3.46. The summed E-state index contributed by atoms with van der Waals surface area (Å²) in [7, 11) is 0. The molecular weight excluding hydrogens is 486 g/mol. The molecule has 1 unspecified atom stereocenters. The number of aliphatic hydroxyl groups is 2. The Labute approximate surface area is 214 Å². The summed E-state index contributed by atoms with van der Waals surface area (Å²) in [5.74, 6) is -4.56. The number of nitrogens with zero attached hydrogens (tertiary/aromatic N) is 1. The van der Waals surface area contributed by atoms with E-state index in [-0.39, 0.29) is 24.2 Å². The molecule has 1 saturated carbocycles. The second-order valence-corrected chi connectivity index (χ2v) is 9.85. The maximum absolute atomic E-state index is 12.1. The fourth-order valence-corrected chi connectivity index (χ4v) is 5.54. The van der Waals surface area contributed by atoms with Crippen molar-refractivity contribution in [2.24, 2.45) is 11.8 Å². The Balaban J connectivity index is 1.76. The molecule has 3 heterocycles. The smallest absolute Gasteiger partial charge is 0.305 e. The van der Waals surface area contributed by atoms with Crippen LogP contribution in [0.2, 0.25) is 0 Å². The molecule has 200 valence electrons. The van der Waals surface area contributed by atoms with Gasteiger partial charge in [0.1, 0.15) is 23.2 Å². The normalized spacial score (nSPS) is 31.0. The quantitative estimate of drug-likeness (QED) is 0.436. The Kier molecular flexibility index (Phi) is 7.04. The van der Waals surface area contributed by atoms with Crippen molar-refractivity contribution in [2.45, 2.75) is 77.3 Å². The van der Waals surface area contributed by atoms with Crippen molar-refractivity contribution in [1.82, 2.24) is 4.98 Å². The minimum atomic E-state index is -1.69. The van der Waals surface area contributed by atoms with E-state index in [0.29, 0.717) is 11.3 Å². The number of aromatic nitrogens is 1. The molecule has 2 aliphatic heterocycles. The molecule has 1 aliphatic carbocycles. The van der Waals surface area contributed by atoms with E-state index in [0.717, 1.165) is 0 Å². The van der Waals surface area contributed by atoms with Gasteiger partial charge in [-0.1, -0.05) is 0 Å². The second kappa shape index (κ2) is 9.79. The Morgan fingerprint density at radius 1 is 1.11 bits per heavy atom. The van der Waals surface area contributed by atoms with E-state index in [1.54, 1.807) is 37.5 Å². The van der Waals surface area contributed by atoms with Crippen LogP contribution in [0.3, 0.4) is 0 Å². The van der Waals surface area contributed by atoms with E-state index in [9.17, 15) is 24.6 Å². The maximum Gasteiger partial charge on any atom is 0.305 e. The number of esters is 3. The molecule has 0 amide bonds. The van der Waals surface area contributed by atoms with Crippen molar-refractivity contribution in [2.75, 3.05) is 0 Å². The number of carbonyl (C=O) groups excluding carboxylic acids is 3. The summed E-state index contributed by atoms with van der Waals surface area (Å²) in [6.45, 7) is 6.80. The van der Waals surface area contributed by atoms with Gasteiger partial charge < -0.3 is 33.9 Å². The molecule has 0 bridgehead atoms. The zero-order chi connectivity index (χ0) is 27.1. The average Bonchev–Trinajstić information content (AvgIpc) is 2.78. The molecule has 11 nitrogen and oxygen atoms in total. The van der Waals surface area contributed by atoms with Crippen LogP contribution in [0.1, 0.15) is 53.0 Å². The SMILES string of the molecule is CC(=O)O[C@H]1C[C@@H](C(C)(OC(C)=O)OC(C)=O)C[C@H]2[C@H](O)C3=C(C=C(c4cccnc4)OC3O)O[C@]12C. The fourth-order valence-electron chi connectivity index (χ4n) is 5.54. The number of hydrogen-bond acceptors (Lipinski definition) is 11. The third-order valence-electron chi connectivity index (χ3n) is 7.18. The molecule has 1 aromatic rings.